The van der Waals surface area contributed by atoms with E-state index in [0.717, 1.165) is 6.42 Å². The van der Waals surface area contributed by atoms with Gasteiger partial charge in [-0.25, -0.2) is 4.79 Å². The molecule has 0 spiro atoms. The lowest BCUT2D eigenvalue weighted by Crippen LogP contribution is -2.05. The molecule has 0 amide bonds. The fourth-order valence-electron chi connectivity index (χ4n) is 1.06. The van der Waals surface area contributed by atoms with Crippen LogP contribution in [0.5, 0.6) is 0 Å². The van der Waals surface area contributed by atoms with Gasteiger partial charge in [-0.3, -0.25) is 0 Å². The van der Waals surface area contributed by atoms with Crippen LogP contribution in [0.4, 0.5) is 0 Å². The average molecular weight is 126 g/mol. The van der Waals surface area contributed by atoms with Gasteiger partial charge in [0.1, 0.15) is 5.76 Å². The molecular weight excluding hydrogens is 120 g/mol. The summed E-state index contributed by atoms with van der Waals surface area (Å²) in [6, 6.07) is 0. The molecule has 2 aliphatic heterocycles. The van der Waals surface area contributed by atoms with Crippen molar-refractivity contribution in [3.05, 3.63) is 11.8 Å². The molecular formula is C6H6O3. The van der Waals surface area contributed by atoms with Crippen molar-refractivity contribution in [3.8, 4) is 0 Å². The van der Waals surface area contributed by atoms with Crippen molar-refractivity contribution in [2.24, 2.45) is 0 Å². The number of fused-ring (bicyclic) bond motifs is 1. The van der Waals surface area contributed by atoms with Gasteiger partial charge >= 0.3 is 5.97 Å². The SMILES string of the molecule is O=C1C=C2OCC[C@@H]2O1. The second-order valence-corrected chi connectivity index (χ2v) is 2.11. The molecule has 0 saturated carbocycles. The molecule has 3 heteroatoms. The largest absolute Gasteiger partial charge is 0.494 e. The van der Waals surface area contributed by atoms with Gasteiger partial charge in [0.25, 0.3) is 0 Å². The van der Waals surface area contributed by atoms with E-state index in [9.17, 15) is 4.79 Å². The van der Waals surface area contributed by atoms with Crippen molar-refractivity contribution >= 4 is 5.97 Å². The Bertz CT molecular complexity index is 183. The van der Waals surface area contributed by atoms with Crippen LogP contribution in [0.2, 0.25) is 0 Å². The van der Waals surface area contributed by atoms with Gasteiger partial charge in [-0.1, -0.05) is 0 Å². The van der Waals surface area contributed by atoms with E-state index >= 15 is 0 Å². The van der Waals surface area contributed by atoms with Crippen molar-refractivity contribution < 1.29 is 14.3 Å². The van der Waals surface area contributed by atoms with Crippen LogP contribution in [-0.2, 0) is 14.3 Å². The summed E-state index contributed by atoms with van der Waals surface area (Å²) in [6.07, 6.45) is 2.17. The van der Waals surface area contributed by atoms with Crippen LogP contribution >= 0.6 is 0 Å². The maximum absolute atomic E-state index is 10.5. The van der Waals surface area contributed by atoms with Crippen molar-refractivity contribution in [1.82, 2.24) is 0 Å². The lowest BCUT2D eigenvalue weighted by atomic mass is 10.3. The maximum Gasteiger partial charge on any atom is 0.335 e. The molecule has 2 aliphatic rings. The Morgan fingerprint density at radius 1 is 1.67 bits per heavy atom. The number of rotatable bonds is 0. The van der Waals surface area contributed by atoms with E-state index in [-0.39, 0.29) is 12.1 Å². The van der Waals surface area contributed by atoms with E-state index in [2.05, 4.69) is 0 Å². The molecule has 0 aromatic rings. The summed E-state index contributed by atoms with van der Waals surface area (Å²) in [7, 11) is 0. The van der Waals surface area contributed by atoms with Gasteiger partial charge in [-0.15, -0.1) is 0 Å². The molecule has 0 aliphatic carbocycles. The molecule has 0 radical (unpaired) electrons. The number of carbonyl (C=O) groups excluding carboxylic acids is 1. The molecule has 1 saturated heterocycles. The fourth-order valence-corrected chi connectivity index (χ4v) is 1.06. The Morgan fingerprint density at radius 3 is 3.33 bits per heavy atom. The van der Waals surface area contributed by atoms with E-state index in [1.54, 1.807) is 0 Å². The molecule has 0 bridgehead atoms. The zero-order valence-electron chi connectivity index (χ0n) is 4.79. The third-order valence-electron chi connectivity index (χ3n) is 1.48. The third-order valence-corrected chi connectivity index (χ3v) is 1.48. The minimum Gasteiger partial charge on any atom is -0.494 e. The summed E-state index contributed by atoms with van der Waals surface area (Å²) < 4.78 is 9.89. The van der Waals surface area contributed by atoms with Crippen molar-refractivity contribution in [3.63, 3.8) is 0 Å². The highest BCUT2D eigenvalue weighted by Gasteiger charge is 2.31. The first kappa shape index (κ1) is 4.85. The first-order chi connectivity index (χ1) is 4.36. The number of esters is 1. The van der Waals surface area contributed by atoms with Gasteiger partial charge in [0.2, 0.25) is 0 Å². The summed E-state index contributed by atoms with van der Waals surface area (Å²) >= 11 is 0. The molecule has 48 valence electrons. The molecule has 0 unspecified atom stereocenters. The van der Waals surface area contributed by atoms with E-state index in [1.165, 1.54) is 6.08 Å². The van der Waals surface area contributed by atoms with E-state index in [4.69, 9.17) is 9.47 Å². The van der Waals surface area contributed by atoms with Crippen LogP contribution in [0.15, 0.2) is 11.8 Å². The minimum atomic E-state index is -0.269. The first-order valence-electron chi connectivity index (χ1n) is 2.91. The lowest BCUT2D eigenvalue weighted by Gasteiger charge is -1.98. The lowest BCUT2D eigenvalue weighted by molar-refractivity contribution is -0.138. The summed E-state index contributed by atoms with van der Waals surface area (Å²) in [6.45, 7) is 0.684. The van der Waals surface area contributed by atoms with Crippen LogP contribution in [-0.4, -0.2) is 18.7 Å². The van der Waals surface area contributed by atoms with Gasteiger partial charge in [-0.2, -0.15) is 0 Å². The molecule has 3 nitrogen and oxygen atoms in total. The van der Waals surface area contributed by atoms with Crippen LogP contribution < -0.4 is 0 Å². The van der Waals surface area contributed by atoms with Crippen LogP contribution in [0, 0.1) is 0 Å². The topological polar surface area (TPSA) is 35.5 Å². The Balaban J connectivity index is 2.27. The van der Waals surface area contributed by atoms with Crippen LogP contribution in [0.25, 0.3) is 0 Å². The summed E-state index contributed by atoms with van der Waals surface area (Å²) in [5, 5.41) is 0. The molecule has 9 heavy (non-hydrogen) atoms. The summed E-state index contributed by atoms with van der Waals surface area (Å²) in [5.74, 6) is 0.440. The Labute approximate surface area is 52.3 Å². The number of carbonyl (C=O) groups is 1. The molecule has 0 aromatic heterocycles. The second-order valence-electron chi connectivity index (χ2n) is 2.11. The fraction of sp³-hybridized carbons (Fsp3) is 0.500. The van der Waals surface area contributed by atoms with Crippen molar-refractivity contribution in [1.29, 1.82) is 0 Å². The van der Waals surface area contributed by atoms with Crippen LogP contribution in [0.1, 0.15) is 6.42 Å². The van der Waals surface area contributed by atoms with Gasteiger partial charge in [0, 0.05) is 6.42 Å². The Kier molecular flexibility index (Phi) is 0.806. The zero-order chi connectivity index (χ0) is 6.27. The molecule has 0 N–H and O–H groups in total. The summed E-state index contributed by atoms with van der Waals surface area (Å²) in [4.78, 5) is 10.5. The molecule has 0 aromatic carbocycles. The average Bonchev–Trinajstić information content (AvgIpc) is 2.22. The number of hydrogen-bond donors (Lipinski definition) is 0. The highest BCUT2D eigenvalue weighted by atomic mass is 16.6. The number of hydrogen-bond acceptors (Lipinski definition) is 3. The predicted molar refractivity (Wildman–Crippen MR) is 28.5 cm³/mol. The van der Waals surface area contributed by atoms with Gasteiger partial charge in [0.05, 0.1) is 12.7 Å². The standard InChI is InChI=1S/C6H6O3/c7-6-3-5-4(9-6)1-2-8-5/h3-4H,1-2H2/t4-/m0/s1. The maximum atomic E-state index is 10.5. The van der Waals surface area contributed by atoms with Gasteiger partial charge in [0.15, 0.2) is 6.10 Å². The van der Waals surface area contributed by atoms with E-state index in [1.807, 2.05) is 0 Å². The van der Waals surface area contributed by atoms with Gasteiger partial charge in [-0.05, 0) is 0 Å². The highest BCUT2D eigenvalue weighted by molar-refractivity contribution is 5.85. The number of ether oxygens (including phenoxy) is 2. The monoisotopic (exact) mass is 126 g/mol. The molecule has 1 fully saturated rings. The molecule has 2 rings (SSSR count). The quantitative estimate of drug-likeness (QED) is 0.435. The van der Waals surface area contributed by atoms with Gasteiger partial charge < -0.3 is 9.47 Å². The molecule has 2 heterocycles. The smallest absolute Gasteiger partial charge is 0.335 e. The Hall–Kier alpha value is -0.990. The van der Waals surface area contributed by atoms with E-state index in [0.29, 0.717) is 12.4 Å². The van der Waals surface area contributed by atoms with Crippen LogP contribution in [0.3, 0.4) is 0 Å². The first-order valence-corrected chi connectivity index (χ1v) is 2.91. The van der Waals surface area contributed by atoms with Crippen molar-refractivity contribution in [2.45, 2.75) is 12.5 Å². The molecule has 1 atom stereocenters. The summed E-state index contributed by atoms with van der Waals surface area (Å²) in [5.41, 5.74) is 0. The zero-order valence-corrected chi connectivity index (χ0v) is 4.79. The minimum absolute atomic E-state index is 0.0579. The Morgan fingerprint density at radius 2 is 2.56 bits per heavy atom. The highest BCUT2D eigenvalue weighted by Crippen LogP contribution is 2.25. The van der Waals surface area contributed by atoms with E-state index < -0.39 is 0 Å². The predicted octanol–water partition coefficient (Wildman–Crippen LogP) is 0.216. The third kappa shape index (κ3) is 0.608. The van der Waals surface area contributed by atoms with Crippen molar-refractivity contribution in [2.75, 3.05) is 6.61 Å². The second kappa shape index (κ2) is 1.50. The normalized spacial score (nSPS) is 30.9.